The first-order valence-corrected chi connectivity index (χ1v) is 10.7. The second-order valence-corrected chi connectivity index (χ2v) is 9.18. The molecule has 10 heteroatoms. The summed E-state index contributed by atoms with van der Waals surface area (Å²) in [7, 11) is -4.07. The fraction of sp³-hybridized carbons (Fsp3) is 0.350. The van der Waals surface area contributed by atoms with E-state index in [0.717, 1.165) is 29.8 Å². The van der Waals surface area contributed by atoms with Crippen molar-refractivity contribution in [3.8, 4) is 5.75 Å². The molecule has 30 heavy (non-hydrogen) atoms. The molecule has 0 heterocycles. The average Bonchev–Trinajstić information content (AvgIpc) is 2.70. The quantitative estimate of drug-likeness (QED) is 0.709. The van der Waals surface area contributed by atoms with Crippen molar-refractivity contribution in [2.45, 2.75) is 41.6 Å². The molecule has 0 saturated heterocycles. The molecule has 0 amide bonds. The number of ether oxygens (including phenoxy) is 1. The van der Waals surface area contributed by atoms with Gasteiger partial charge < -0.3 is 15.6 Å². The molecule has 0 bridgehead atoms. The summed E-state index contributed by atoms with van der Waals surface area (Å²) in [6.45, 7) is -0.496. The Bertz CT molecular complexity index is 1040. The van der Waals surface area contributed by atoms with E-state index in [2.05, 4.69) is 0 Å². The number of halogens is 3. The average molecular weight is 443 g/mol. The maximum Gasteiger partial charge on any atom is 0.416 e. The summed E-state index contributed by atoms with van der Waals surface area (Å²) in [5.74, 6) is -1.30. The first-order chi connectivity index (χ1) is 14.0. The largest absolute Gasteiger partial charge is 0.482 e. The van der Waals surface area contributed by atoms with E-state index in [4.69, 9.17) is 15.6 Å². The van der Waals surface area contributed by atoms with E-state index < -0.39 is 45.4 Å². The molecule has 1 aliphatic carbocycles. The molecule has 0 spiro atoms. The van der Waals surface area contributed by atoms with Crippen molar-refractivity contribution in [3.63, 3.8) is 0 Å². The molecule has 0 fully saturated rings. The van der Waals surface area contributed by atoms with Crippen LogP contribution in [-0.4, -0.2) is 31.5 Å². The number of nitrogens with two attached hydrogens (primary N) is 1. The predicted octanol–water partition coefficient (Wildman–Crippen LogP) is 3.35. The number of alkyl halides is 3. The van der Waals surface area contributed by atoms with Gasteiger partial charge in [0.2, 0.25) is 0 Å². The Kier molecular flexibility index (Phi) is 6.09. The third-order valence-electron chi connectivity index (χ3n) is 5.10. The first kappa shape index (κ1) is 22.1. The third-order valence-corrected chi connectivity index (χ3v) is 7.08. The summed E-state index contributed by atoms with van der Waals surface area (Å²) in [4.78, 5) is 10.4. The maximum absolute atomic E-state index is 13.0. The fourth-order valence-electron chi connectivity index (χ4n) is 3.61. The molecule has 2 aromatic carbocycles. The number of rotatable bonds is 6. The highest BCUT2D eigenvalue weighted by Crippen LogP contribution is 2.38. The minimum absolute atomic E-state index is 0.267. The Morgan fingerprint density at radius 2 is 1.87 bits per heavy atom. The van der Waals surface area contributed by atoms with Crippen LogP contribution in [-0.2, 0) is 27.2 Å². The van der Waals surface area contributed by atoms with Gasteiger partial charge in [-0.05, 0) is 66.8 Å². The van der Waals surface area contributed by atoms with Crippen LogP contribution in [0, 0.1) is 0 Å². The van der Waals surface area contributed by atoms with Crippen LogP contribution < -0.4 is 10.5 Å². The van der Waals surface area contributed by atoms with Crippen molar-refractivity contribution in [2.75, 3.05) is 6.61 Å². The molecule has 2 aromatic rings. The lowest BCUT2D eigenvalue weighted by Crippen LogP contribution is -2.38. The smallest absolute Gasteiger partial charge is 0.416 e. The lowest BCUT2D eigenvalue weighted by molar-refractivity contribution is -0.139. The number of hydrogen-bond acceptors (Lipinski definition) is 5. The summed E-state index contributed by atoms with van der Waals surface area (Å²) in [6.07, 6.45) is -2.74. The molecular weight excluding hydrogens is 423 g/mol. The van der Waals surface area contributed by atoms with Gasteiger partial charge >= 0.3 is 12.1 Å². The summed E-state index contributed by atoms with van der Waals surface area (Å²) >= 11 is 0. The minimum atomic E-state index is -4.56. The highest BCUT2D eigenvalue weighted by Gasteiger charge is 2.36. The van der Waals surface area contributed by atoms with Crippen LogP contribution in [0.4, 0.5) is 13.2 Å². The van der Waals surface area contributed by atoms with E-state index in [9.17, 15) is 26.4 Å². The number of benzene rings is 2. The van der Waals surface area contributed by atoms with Gasteiger partial charge in [-0.2, -0.15) is 13.2 Å². The zero-order valence-electron chi connectivity index (χ0n) is 15.7. The predicted molar refractivity (Wildman–Crippen MR) is 102 cm³/mol. The van der Waals surface area contributed by atoms with Gasteiger partial charge in [0.1, 0.15) is 11.1 Å². The summed E-state index contributed by atoms with van der Waals surface area (Å²) in [6, 6.07) is 8.17. The number of hydrogen-bond donors (Lipinski definition) is 2. The third kappa shape index (κ3) is 4.59. The summed E-state index contributed by atoms with van der Waals surface area (Å²) in [5.41, 5.74) is 6.70. The molecule has 3 N–H and O–H groups in total. The Balaban J connectivity index is 1.86. The normalized spacial score (nSPS) is 17.8. The Labute approximate surface area is 171 Å². The van der Waals surface area contributed by atoms with Gasteiger partial charge in [-0.3, -0.25) is 0 Å². The Morgan fingerprint density at radius 1 is 1.20 bits per heavy atom. The molecule has 0 radical (unpaired) electrons. The highest BCUT2D eigenvalue weighted by atomic mass is 32.2. The minimum Gasteiger partial charge on any atom is -0.482 e. The Morgan fingerprint density at radius 3 is 2.47 bits per heavy atom. The second kappa shape index (κ2) is 8.27. The molecule has 0 aromatic heterocycles. The van der Waals surface area contributed by atoms with Crippen molar-refractivity contribution in [1.82, 2.24) is 0 Å². The molecule has 2 atom stereocenters. The summed E-state index contributed by atoms with van der Waals surface area (Å²) < 4.78 is 69.3. The first-order valence-electron chi connectivity index (χ1n) is 9.14. The molecule has 3 rings (SSSR count). The summed E-state index contributed by atoms with van der Waals surface area (Å²) in [5, 5.41) is 7.38. The van der Waals surface area contributed by atoms with Gasteiger partial charge in [0, 0.05) is 5.92 Å². The van der Waals surface area contributed by atoms with Crippen LogP contribution in [0.15, 0.2) is 47.4 Å². The standard InChI is InChI=1S/C20H20F3NO5S/c21-20(22,23)13-4-7-15(8-5-13)30(27,28)19(24)17-3-1-2-12-10-14(6-9-16(12)17)29-11-18(25)26/h4-10,17,19H,1-3,11,24H2,(H,25,26). The number of aryl methyl sites for hydroxylation is 1. The number of sulfone groups is 1. The van der Waals surface area contributed by atoms with Gasteiger partial charge in [-0.15, -0.1) is 0 Å². The van der Waals surface area contributed by atoms with Crippen molar-refractivity contribution in [3.05, 3.63) is 59.2 Å². The molecule has 2 unspecified atom stereocenters. The molecule has 162 valence electrons. The fourth-order valence-corrected chi connectivity index (χ4v) is 5.16. The zero-order valence-corrected chi connectivity index (χ0v) is 16.5. The number of carbonyl (C=O) groups is 1. The van der Waals surface area contributed by atoms with Gasteiger partial charge in [-0.25, -0.2) is 13.2 Å². The van der Waals surface area contributed by atoms with E-state index in [-0.39, 0.29) is 4.90 Å². The van der Waals surface area contributed by atoms with Crippen LogP contribution in [0.3, 0.4) is 0 Å². The van der Waals surface area contributed by atoms with Crippen LogP contribution >= 0.6 is 0 Å². The topological polar surface area (TPSA) is 107 Å². The van der Waals surface area contributed by atoms with Crippen LogP contribution in [0.25, 0.3) is 0 Å². The maximum atomic E-state index is 13.0. The molecule has 0 aliphatic heterocycles. The van der Waals surface area contributed by atoms with E-state index in [1.54, 1.807) is 18.2 Å². The van der Waals surface area contributed by atoms with Crippen molar-refractivity contribution >= 4 is 15.8 Å². The zero-order chi connectivity index (χ0) is 22.1. The SMILES string of the molecule is NC(C1CCCc2cc(OCC(=O)O)ccc21)S(=O)(=O)c1ccc(C(F)(F)F)cc1. The lowest BCUT2D eigenvalue weighted by Gasteiger charge is -2.30. The van der Waals surface area contributed by atoms with E-state index >= 15 is 0 Å². The van der Waals surface area contributed by atoms with Gasteiger partial charge in [0.25, 0.3) is 0 Å². The molecule has 1 aliphatic rings. The number of fused-ring (bicyclic) bond motifs is 1. The van der Waals surface area contributed by atoms with Crippen molar-refractivity contribution in [1.29, 1.82) is 0 Å². The molecule has 6 nitrogen and oxygen atoms in total. The number of aliphatic carboxylic acids is 1. The Hall–Kier alpha value is -2.59. The number of carboxylic acid groups (broad SMARTS) is 1. The van der Waals surface area contributed by atoms with Gasteiger partial charge in [-0.1, -0.05) is 6.07 Å². The van der Waals surface area contributed by atoms with Gasteiger partial charge in [0.05, 0.1) is 10.5 Å². The van der Waals surface area contributed by atoms with Crippen LogP contribution in [0.5, 0.6) is 5.75 Å². The van der Waals surface area contributed by atoms with Crippen LogP contribution in [0.1, 0.15) is 35.4 Å². The second-order valence-electron chi connectivity index (χ2n) is 7.07. The van der Waals surface area contributed by atoms with Crippen molar-refractivity contribution < 1.29 is 36.2 Å². The molecular formula is C20H20F3NO5S. The monoisotopic (exact) mass is 443 g/mol. The molecule has 0 saturated carbocycles. The lowest BCUT2D eigenvalue weighted by atomic mass is 9.82. The highest BCUT2D eigenvalue weighted by molar-refractivity contribution is 7.92. The van der Waals surface area contributed by atoms with E-state index in [1.807, 2.05) is 0 Å². The number of carboxylic acids is 1. The van der Waals surface area contributed by atoms with Crippen LogP contribution in [0.2, 0.25) is 0 Å². The van der Waals surface area contributed by atoms with E-state index in [0.29, 0.717) is 30.6 Å². The van der Waals surface area contributed by atoms with E-state index in [1.165, 1.54) is 0 Å². The van der Waals surface area contributed by atoms with Crippen molar-refractivity contribution in [2.24, 2.45) is 5.73 Å². The van der Waals surface area contributed by atoms with Gasteiger partial charge in [0.15, 0.2) is 16.4 Å².